The lowest BCUT2D eigenvalue weighted by atomic mass is 9.82. The van der Waals surface area contributed by atoms with Crippen LogP contribution >= 0.6 is 0 Å². The molecule has 6 nitrogen and oxygen atoms in total. The second-order valence-electron chi connectivity index (χ2n) is 8.20. The molecule has 0 radical (unpaired) electrons. The number of aryl methyl sites for hydroxylation is 1. The third-order valence-electron chi connectivity index (χ3n) is 6.30. The van der Waals surface area contributed by atoms with Gasteiger partial charge in [-0.05, 0) is 57.6 Å². The molecule has 3 aromatic rings. The van der Waals surface area contributed by atoms with Crippen LogP contribution in [0.2, 0.25) is 0 Å². The monoisotopic (exact) mass is 444 g/mol. The minimum atomic E-state index is -5.93. The number of alkyl halides is 5. The Hall–Kier alpha value is -2.72. The van der Waals surface area contributed by atoms with Crippen LogP contribution in [0.4, 0.5) is 22.0 Å². The first-order valence-corrected chi connectivity index (χ1v) is 10.0. The van der Waals surface area contributed by atoms with Crippen molar-refractivity contribution >= 4 is 22.7 Å². The van der Waals surface area contributed by atoms with Crippen molar-refractivity contribution in [1.29, 1.82) is 0 Å². The van der Waals surface area contributed by atoms with Crippen LogP contribution in [0, 0.1) is 12.8 Å². The van der Waals surface area contributed by atoms with Gasteiger partial charge in [-0.3, -0.25) is 18.6 Å². The summed E-state index contributed by atoms with van der Waals surface area (Å²) in [6.07, 6.45) is -4.45. The summed E-state index contributed by atoms with van der Waals surface area (Å²) in [6, 6.07) is 4.47. The molecule has 1 aliphatic rings. The van der Waals surface area contributed by atoms with E-state index in [9.17, 15) is 31.5 Å². The number of imidazole rings is 2. The van der Waals surface area contributed by atoms with Crippen molar-refractivity contribution in [2.45, 2.75) is 63.7 Å². The van der Waals surface area contributed by atoms with E-state index in [4.69, 9.17) is 0 Å². The summed E-state index contributed by atoms with van der Waals surface area (Å²) in [7, 11) is 0. The molecule has 0 bridgehead atoms. The Bertz CT molecular complexity index is 1170. The Morgan fingerprint density at radius 3 is 2.42 bits per heavy atom. The summed E-state index contributed by atoms with van der Waals surface area (Å²) in [5, 5.41) is 1.84. The fourth-order valence-electron chi connectivity index (χ4n) is 4.60. The highest BCUT2D eigenvalue weighted by atomic mass is 19.4. The second kappa shape index (κ2) is 7.16. The number of nitrogens with zero attached hydrogens (tertiary/aromatic N) is 3. The molecule has 3 aromatic heterocycles. The zero-order chi connectivity index (χ0) is 22.7. The van der Waals surface area contributed by atoms with Crippen molar-refractivity contribution in [3.8, 4) is 0 Å². The SMILES string of the molecule is Cc1nc2cccc3n(C(C)C4CCC(NC(=O)C(F)(F)C(F)(F)F)CC4)c(=O)c1n23. The first-order chi connectivity index (χ1) is 14.4. The average Bonchev–Trinajstić information content (AvgIpc) is 3.19. The third kappa shape index (κ3) is 3.34. The summed E-state index contributed by atoms with van der Waals surface area (Å²) < 4.78 is 67.0. The van der Waals surface area contributed by atoms with Gasteiger partial charge in [0.2, 0.25) is 0 Å². The molecule has 1 unspecified atom stereocenters. The molecular weight excluding hydrogens is 423 g/mol. The topological polar surface area (TPSA) is 68.4 Å². The Balaban J connectivity index is 1.49. The molecule has 0 saturated heterocycles. The maximum atomic E-state index is 13.2. The number of rotatable bonds is 4. The van der Waals surface area contributed by atoms with Crippen molar-refractivity contribution in [3.05, 3.63) is 34.2 Å². The van der Waals surface area contributed by atoms with Crippen molar-refractivity contribution in [3.63, 3.8) is 0 Å². The number of aromatic nitrogens is 3. The van der Waals surface area contributed by atoms with Gasteiger partial charge >= 0.3 is 18.0 Å². The number of hydrogen-bond donors (Lipinski definition) is 1. The highest BCUT2D eigenvalue weighted by molar-refractivity contribution is 5.84. The lowest BCUT2D eigenvalue weighted by Gasteiger charge is -2.33. The van der Waals surface area contributed by atoms with E-state index in [1.54, 1.807) is 15.9 Å². The van der Waals surface area contributed by atoms with E-state index in [1.807, 2.05) is 30.4 Å². The predicted octanol–water partition coefficient (Wildman–Crippen LogP) is 3.83. The van der Waals surface area contributed by atoms with Crippen LogP contribution in [-0.2, 0) is 4.79 Å². The molecule has 1 atom stereocenters. The maximum Gasteiger partial charge on any atom is 0.463 e. The minimum Gasteiger partial charge on any atom is -0.348 e. The van der Waals surface area contributed by atoms with Crippen LogP contribution in [0.15, 0.2) is 23.0 Å². The number of nitrogens with one attached hydrogen (secondary N) is 1. The standard InChI is InChI=1S/C20H21F5N4O2/c1-10-16-17(30)28(15-5-3-4-14(26-10)29(15)16)11(2)12-6-8-13(9-7-12)27-18(31)19(21,22)20(23,24)25/h3-5,11-13H,6-9H2,1-2H3,(H,27,31). The third-order valence-corrected chi connectivity index (χ3v) is 6.30. The highest BCUT2D eigenvalue weighted by Gasteiger charge is 2.63. The van der Waals surface area contributed by atoms with Gasteiger partial charge in [-0.25, -0.2) is 4.98 Å². The fraction of sp³-hybridized carbons (Fsp3) is 0.550. The molecule has 0 aliphatic heterocycles. The first kappa shape index (κ1) is 21.5. The number of halogens is 5. The van der Waals surface area contributed by atoms with Gasteiger partial charge in [-0.1, -0.05) is 6.07 Å². The van der Waals surface area contributed by atoms with Crippen LogP contribution in [0.1, 0.15) is 44.3 Å². The molecule has 11 heteroatoms. The minimum absolute atomic E-state index is 0.00774. The quantitative estimate of drug-likeness (QED) is 0.622. The molecular formula is C20H21F5N4O2. The van der Waals surface area contributed by atoms with Gasteiger partial charge < -0.3 is 5.32 Å². The summed E-state index contributed by atoms with van der Waals surface area (Å²) in [6.45, 7) is 3.66. The molecule has 1 amide bonds. The Morgan fingerprint density at radius 1 is 1.16 bits per heavy atom. The fourth-order valence-corrected chi connectivity index (χ4v) is 4.60. The van der Waals surface area contributed by atoms with Gasteiger partial charge in [-0.15, -0.1) is 0 Å². The van der Waals surface area contributed by atoms with Crippen LogP contribution in [-0.4, -0.2) is 38.0 Å². The second-order valence-corrected chi connectivity index (χ2v) is 8.20. The number of carbonyl (C=O) groups is 1. The summed E-state index contributed by atoms with van der Waals surface area (Å²) in [5.74, 6) is -7.73. The summed E-state index contributed by atoms with van der Waals surface area (Å²) >= 11 is 0. The van der Waals surface area contributed by atoms with Crippen LogP contribution in [0.25, 0.3) is 16.8 Å². The van der Waals surface area contributed by atoms with Gasteiger partial charge in [0, 0.05) is 12.1 Å². The maximum absolute atomic E-state index is 13.2. The van der Waals surface area contributed by atoms with E-state index in [0.717, 1.165) is 0 Å². The zero-order valence-corrected chi connectivity index (χ0v) is 16.8. The molecule has 0 spiro atoms. The molecule has 0 aromatic carbocycles. The number of pyridine rings is 1. The zero-order valence-electron chi connectivity index (χ0n) is 16.8. The van der Waals surface area contributed by atoms with Crippen LogP contribution in [0.5, 0.6) is 0 Å². The van der Waals surface area contributed by atoms with Gasteiger partial charge in [0.25, 0.3) is 5.56 Å². The largest absolute Gasteiger partial charge is 0.463 e. The Labute approximate surface area is 173 Å². The van der Waals surface area contributed by atoms with Gasteiger partial charge in [0.1, 0.15) is 16.8 Å². The highest BCUT2D eigenvalue weighted by Crippen LogP contribution is 2.37. The van der Waals surface area contributed by atoms with E-state index in [2.05, 4.69) is 4.98 Å². The molecule has 168 valence electrons. The number of carbonyl (C=O) groups excluding carboxylic acids is 1. The van der Waals surface area contributed by atoms with E-state index in [1.165, 1.54) is 0 Å². The van der Waals surface area contributed by atoms with Gasteiger partial charge in [-0.2, -0.15) is 22.0 Å². The lowest BCUT2D eigenvalue weighted by Crippen LogP contribution is -2.53. The molecule has 4 rings (SSSR count). The van der Waals surface area contributed by atoms with E-state index in [0.29, 0.717) is 35.3 Å². The van der Waals surface area contributed by atoms with Crippen LogP contribution in [0.3, 0.4) is 0 Å². The summed E-state index contributed by atoms with van der Waals surface area (Å²) in [5.41, 5.74) is 2.34. The molecule has 3 heterocycles. The normalized spacial score (nSPS) is 21.6. The van der Waals surface area contributed by atoms with E-state index >= 15 is 0 Å². The van der Waals surface area contributed by atoms with E-state index < -0.39 is 24.0 Å². The lowest BCUT2D eigenvalue weighted by molar-refractivity contribution is -0.270. The predicted molar refractivity (Wildman–Crippen MR) is 102 cm³/mol. The van der Waals surface area contributed by atoms with Crippen molar-refractivity contribution in [2.75, 3.05) is 0 Å². The average molecular weight is 444 g/mol. The van der Waals surface area contributed by atoms with Crippen molar-refractivity contribution < 1.29 is 26.7 Å². The number of amides is 1. The van der Waals surface area contributed by atoms with Crippen molar-refractivity contribution in [1.82, 2.24) is 19.3 Å². The molecule has 1 aliphatic carbocycles. The first-order valence-electron chi connectivity index (χ1n) is 10.0. The summed E-state index contributed by atoms with van der Waals surface area (Å²) in [4.78, 5) is 28.9. The number of hydrogen-bond acceptors (Lipinski definition) is 3. The Kier molecular flexibility index (Phi) is 4.97. The van der Waals surface area contributed by atoms with Crippen LogP contribution < -0.4 is 10.9 Å². The smallest absolute Gasteiger partial charge is 0.348 e. The van der Waals surface area contributed by atoms with Gasteiger partial charge in [0.15, 0.2) is 0 Å². The molecule has 1 saturated carbocycles. The molecule has 1 fully saturated rings. The van der Waals surface area contributed by atoms with E-state index in [-0.39, 0.29) is 30.4 Å². The Morgan fingerprint density at radius 2 is 1.81 bits per heavy atom. The van der Waals surface area contributed by atoms with Gasteiger partial charge in [0.05, 0.1) is 5.69 Å². The molecule has 31 heavy (non-hydrogen) atoms. The van der Waals surface area contributed by atoms with Crippen molar-refractivity contribution in [2.24, 2.45) is 5.92 Å². The molecule has 1 N–H and O–H groups in total.